The zero-order valence-electron chi connectivity index (χ0n) is 17.4. The van der Waals surface area contributed by atoms with E-state index < -0.39 is 0 Å². The van der Waals surface area contributed by atoms with Gasteiger partial charge in [-0.1, -0.05) is 30.3 Å². The van der Waals surface area contributed by atoms with Crippen LogP contribution in [0, 0.1) is 0 Å². The first-order valence-corrected chi connectivity index (χ1v) is 11.4. The Bertz CT molecular complexity index is 1000. The number of nitrogens with zero attached hydrogens (tertiary/aromatic N) is 2. The van der Waals surface area contributed by atoms with E-state index in [4.69, 9.17) is 4.74 Å². The van der Waals surface area contributed by atoms with Crippen LogP contribution in [0.4, 0.5) is 4.79 Å². The number of thioether (sulfide) groups is 1. The number of rotatable bonds is 6. The third-order valence-electron chi connectivity index (χ3n) is 5.46. The monoisotopic (exact) mass is 421 g/mol. The Morgan fingerprint density at radius 3 is 2.70 bits per heavy atom. The molecule has 2 heterocycles. The van der Waals surface area contributed by atoms with Crippen molar-refractivity contribution in [1.29, 1.82) is 0 Å². The smallest absolute Gasteiger partial charge is 0.318 e. The molecule has 2 amide bonds. The minimum atomic E-state index is -0.175. The maximum atomic E-state index is 13.3. The number of ether oxygens (including phenoxy) is 1. The topological polar surface area (TPSA) is 46.5 Å². The number of benzene rings is 2. The molecular weight excluding hydrogens is 394 g/mol. The highest BCUT2D eigenvalue weighted by Gasteiger charge is 2.32. The highest BCUT2D eigenvalue weighted by Crippen LogP contribution is 2.37. The number of nitrogens with one attached hydrogen (secondary N) is 1. The van der Waals surface area contributed by atoms with E-state index in [1.54, 1.807) is 18.9 Å². The molecule has 1 aliphatic rings. The first kappa shape index (κ1) is 20.6. The van der Waals surface area contributed by atoms with Gasteiger partial charge in [0.15, 0.2) is 0 Å². The lowest BCUT2D eigenvalue weighted by Crippen LogP contribution is -2.42. The van der Waals surface area contributed by atoms with Crippen LogP contribution in [0.2, 0.25) is 0 Å². The number of aromatic nitrogens is 1. The number of carbonyl (C=O) groups excluding carboxylic acids is 1. The molecule has 1 aromatic heterocycles. The van der Waals surface area contributed by atoms with Crippen molar-refractivity contribution in [3.05, 3.63) is 83.7 Å². The minimum absolute atomic E-state index is 0.0606. The van der Waals surface area contributed by atoms with E-state index in [0.717, 1.165) is 28.9 Å². The van der Waals surface area contributed by atoms with Crippen molar-refractivity contribution < 1.29 is 9.53 Å². The molecule has 1 atom stereocenters. The predicted molar refractivity (Wildman–Crippen MR) is 121 cm³/mol. The summed E-state index contributed by atoms with van der Waals surface area (Å²) in [5.74, 6) is 0. The summed E-state index contributed by atoms with van der Waals surface area (Å²) in [5.41, 5.74) is 4.44. The van der Waals surface area contributed by atoms with Crippen molar-refractivity contribution in [1.82, 2.24) is 14.8 Å². The van der Waals surface area contributed by atoms with Crippen LogP contribution in [-0.4, -0.2) is 42.0 Å². The summed E-state index contributed by atoms with van der Waals surface area (Å²) in [6, 6.07) is 20.7. The Hall–Kier alpha value is -2.70. The molecule has 0 saturated heterocycles. The Kier molecular flexibility index (Phi) is 6.45. The number of para-hydroxylation sites is 1. The molecule has 30 heavy (non-hydrogen) atoms. The molecule has 1 N–H and O–H groups in total. The van der Waals surface area contributed by atoms with Gasteiger partial charge in [-0.05, 0) is 54.1 Å². The van der Waals surface area contributed by atoms with Gasteiger partial charge in [0, 0.05) is 37.0 Å². The molecule has 156 valence electrons. The summed E-state index contributed by atoms with van der Waals surface area (Å²) in [6.07, 6.45) is 4.94. The summed E-state index contributed by atoms with van der Waals surface area (Å²) in [4.78, 5) is 16.5. The minimum Gasteiger partial charge on any atom is -0.385 e. The van der Waals surface area contributed by atoms with Gasteiger partial charge in [0.1, 0.15) is 0 Å². The molecule has 0 fully saturated rings. The van der Waals surface area contributed by atoms with Gasteiger partial charge in [0.2, 0.25) is 0 Å². The van der Waals surface area contributed by atoms with Crippen LogP contribution in [-0.2, 0) is 11.3 Å². The van der Waals surface area contributed by atoms with Gasteiger partial charge in [0.05, 0.1) is 18.3 Å². The number of urea groups is 1. The van der Waals surface area contributed by atoms with Crippen LogP contribution in [0.1, 0.15) is 29.3 Å². The van der Waals surface area contributed by atoms with Crippen molar-refractivity contribution in [2.75, 3.05) is 26.5 Å². The molecule has 5 nitrogen and oxygen atoms in total. The fourth-order valence-electron chi connectivity index (χ4n) is 3.99. The highest BCUT2D eigenvalue weighted by atomic mass is 32.2. The second-order valence-corrected chi connectivity index (χ2v) is 8.19. The zero-order valence-corrected chi connectivity index (χ0v) is 18.2. The predicted octanol–water partition coefficient (Wildman–Crippen LogP) is 4.85. The fraction of sp³-hybridized carbons (Fsp3) is 0.292. The molecule has 3 aromatic rings. The molecule has 1 aliphatic heterocycles. The molecule has 0 radical (unpaired) electrons. The highest BCUT2D eigenvalue weighted by molar-refractivity contribution is 7.98. The van der Waals surface area contributed by atoms with Crippen LogP contribution in [0.15, 0.2) is 71.8 Å². The van der Waals surface area contributed by atoms with E-state index in [0.29, 0.717) is 19.7 Å². The van der Waals surface area contributed by atoms with Crippen molar-refractivity contribution in [2.24, 2.45) is 0 Å². The van der Waals surface area contributed by atoms with Crippen LogP contribution in [0.25, 0.3) is 5.69 Å². The molecule has 0 bridgehead atoms. The SMILES string of the molecule is COCCCNC(=O)N1Cc2ccccc2-n2cccc2[C@H]1c1ccc(SC)cc1. The lowest BCUT2D eigenvalue weighted by molar-refractivity contribution is 0.174. The lowest BCUT2D eigenvalue weighted by Gasteiger charge is -2.31. The Morgan fingerprint density at radius 1 is 1.13 bits per heavy atom. The van der Waals surface area contributed by atoms with Crippen LogP contribution in [0.5, 0.6) is 0 Å². The van der Waals surface area contributed by atoms with Gasteiger partial charge >= 0.3 is 6.03 Å². The summed E-state index contributed by atoms with van der Waals surface area (Å²) < 4.78 is 7.32. The number of hydrogen-bond acceptors (Lipinski definition) is 3. The van der Waals surface area contributed by atoms with E-state index in [2.05, 4.69) is 70.9 Å². The Labute approximate surface area is 182 Å². The van der Waals surface area contributed by atoms with E-state index in [9.17, 15) is 4.79 Å². The average molecular weight is 422 g/mol. The van der Waals surface area contributed by atoms with Gasteiger partial charge in [-0.25, -0.2) is 4.79 Å². The van der Waals surface area contributed by atoms with Crippen molar-refractivity contribution in [3.63, 3.8) is 0 Å². The largest absolute Gasteiger partial charge is 0.385 e. The summed E-state index contributed by atoms with van der Waals surface area (Å²) in [6.45, 7) is 1.76. The number of amides is 2. The first-order chi connectivity index (χ1) is 14.7. The van der Waals surface area contributed by atoms with E-state index >= 15 is 0 Å². The lowest BCUT2D eigenvalue weighted by atomic mass is 10.0. The molecule has 4 rings (SSSR count). The normalized spacial score (nSPS) is 15.3. The summed E-state index contributed by atoms with van der Waals surface area (Å²) >= 11 is 1.72. The maximum Gasteiger partial charge on any atom is 0.318 e. The Balaban J connectivity index is 1.75. The van der Waals surface area contributed by atoms with Crippen LogP contribution in [0.3, 0.4) is 0 Å². The van der Waals surface area contributed by atoms with E-state index in [-0.39, 0.29) is 12.1 Å². The van der Waals surface area contributed by atoms with Gasteiger partial charge in [-0.3, -0.25) is 0 Å². The number of methoxy groups -OCH3 is 1. The first-order valence-electron chi connectivity index (χ1n) is 10.2. The number of fused-ring (bicyclic) bond motifs is 3. The molecule has 0 spiro atoms. The maximum absolute atomic E-state index is 13.3. The van der Waals surface area contributed by atoms with Crippen LogP contribution >= 0.6 is 11.8 Å². The van der Waals surface area contributed by atoms with Gasteiger partial charge < -0.3 is 19.5 Å². The van der Waals surface area contributed by atoms with Crippen molar-refractivity contribution in [3.8, 4) is 5.69 Å². The second kappa shape index (κ2) is 9.41. The van der Waals surface area contributed by atoms with Gasteiger partial charge in [-0.15, -0.1) is 11.8 Å². The second-order valence-electron chi connectivity index (χ2n) is 7.31. The summed E-state index contributed by atoms with van der Waals surface area (Å²) in [7, 11) is 1.68. The van der Waals surface area contributed by atoms with Crippen molar-refractivity contribution >= 4 is 17.8 Å². The quantitative estimate of drug-likeness (QED) is 0.457. The molecule has 6 heteroatoms. The zero-order chi connectivity index (χ0) is 20.9. The van der Waals surface area contributed by atoms with Gasteiger partial charge in [0.25, 0.3) is 0 Å². The summed E-state index contributed by atoms with van der Waals surface area (Å²) in [5, 5.41) is 3.08. The number of carbonyl (C=O) groups is 1. The molecule has 0 unspecified atom stereocenters. The Morgan fingerprint density at radius 2 is 1.93 bits per heavy atom. The molecule has 0 aliphatic carbocycles. The number of hydrogen-bond donors (Lipinski definition) is 1. The molecular formula is C24H27N3O2S. The van der Waals surface area contributed by atoms with Gasteiger partial charge in [-0.2, -0.15) is 0 Å². The molecule has 0 saturated carbocycles. The standard InChI is InChI=1S/C24H27N3O2S/c1-29-16-6-14-25-24(28)27-17-19-7-3-4-8-21(19)26-15-5-9-22(26)23(27)18-10-12-20(30-2)13-11-18/h3-5,7-13,15,23H,6,14,16-17H2,1-2H3,(H,25,28)/t23-/m1/s1. The van der Waals surface area contributed by atoms with E-state index in [1.165, 1.54) is 4.90 Å². The van der Waals surface area contributed by atoms with Crippen molar-refractivity contribution in [2.45, 2.75) is 23.9 Å². The molecule has 2 aromatic carbocycles. The third-order valence-corrected chi connectivity index (χ3v) is 6.20. The average Bonchev–Trinajstić information content (AvgIpc) is 3.21. The third kappa shape index (κ3) is 4.11. The fourth-order valence-corrected chi connectivity index (χ4v) is 4.40. The van der Waals surface area contributed by atoms with Crippen LogP contribution < -0.4 is 5.32 Å². The van der Waals surface area contributed by atoms with E-state index in [1.807, 2.05) is 17.0 Å².